The van der Waals surface area contributed by atoms with Crippen LogP contribution < -0.4 is 21.3 Å². The van der Waals surface area contributed by atoms with Gasteiger partial charge in [0.25, 0.3) is 0 Å². The van der Waals surface area contributed by atoms with Crippen molar-refractivity contribution in [1.82, 2.24) is 21.3 Å². The van der Waals surface area contributed by atoms with Gasteiger partial charge in [0.2, 0.25) is 35.7 Å². The van der Waals surface area contributed by atoms with Crippen LogP contribution in [-0.2, 0) is 182 Å². The van der Waals surface area contributed by atoms with Crippen LogP contribution >= 0.6 is 0 Å². The summed E-state index contributed by atoms with van der Waals surface area (Å²) in [4.78, 5) is 103. The highest BCUT2D eigenvalue weighted by atomic mass is 32.3. The highest BCUT2D eigenvalue weighted by Crippen LogP contribution is 2.41. The maximum atomic E-state index is 13.4. The van der Waals surface area contributed by atoms with E-state index >= 15 is 0 Å². The fourth-order valence-corrected chi connectivity index (χ4v) is 15.3. The molecule has 64 nitrogen and oxygen atoms in total. The Hall–Kier alpha value is -6.59. The summed E-state index contributed by atoms with van der Waals surface area (Å²) in [7, 11) is -28.1. The van der Waals surface area contributed by atoms with E-state index in [0.29, 0.717) is 20.8 Å². The molecule has 7 saturated heterocycles. The van der Waals surface area contributed by atoms with E-state index in [-0.39, 0.29) is 0 Å². The zero-order valence-corrected chi connectivity index (χ0v) is 67.2. The first-order valence-corrected chi connectivity index (χ1v) is 42.0. The Morgan fingerprint density at radius 2 is 0.560 bits per heavy atom. The number of carboxylic acid groups (broad SMARTS) is 4. The van der Waals surface area contributed by atoms with Crippen LogP contribution in [0.15, 0.2) is 11.5 Å². The van der Waals surface area contributed by atoms with Gasteiger partial charge in [-0.05, 0) is 0 Å². The smallest absolute Gasteiger partial charge is 0.397 e. The minimum absolute atomic E-state index is 0.659. The molecule has 8 aliphatic rings. The molecule has 8 aliphatic heterocycles. The first-order valence-electron chi connectivity index (χ1n) is 35.1. The topological polar surface area (TPSA) is 985 Å². The van der Waals surface area contributed by atoms with Crippen LogP contribution in [0.25, 0.3) is 0 Å². The van der Waals surface area contributed by atoms with Crippen molar-refractivity contribution in [2.24, 2.45) is 0 Å². The lowest BCUT2D eigenvalue weighted by Crippen LogP contribution is -2.71. The second kappa shape index (κ2) is 41.7. The van der Waals surface area contributed by atoms with Gasteiger partial charge in [-0.2, -0.15) is 42.1 Å². The number of carboxylic acids is 4. The average molecular weight is 1930 g/mol. The minimum atomic E-state index is -5.86. The molecule has 7 fully saturated rings. The van der Waals surface area contributed by atoms with Gasteiger partial charge in [0.15, 0.2) is 74.2 Å². The van der Waals surface area contributed by atoms with Crippen molar-refractivity contribution in [3.8, 4) is 0 Å². The zero-order chi connectivity index (χ0) is 94.0. The van der Waals surface area contributed by atoms with Gasteiger partial charge >= 0.3 is 75.9 Å². The van der Waals surface area contributed by atoms with Crippen LogP contribution in [0.4, 0.5) is 0 Å². The molecule has 0 spiro atoms. The molecule has 0 aliphatic carbocycles. The van der Waals surface area contributed by atoms with Crippen molar-refractivity contribution in [3.05, 3.63) is 11.5 Å². The van der Waals surface area contributed by atoms with Gasteiger partial charge in [-0.3, -0.25) is 41.9 Å². The molecule has 8 heterocycles. The molecule has 0 radical (unpaired) electrons. The molecule has 125 heavy (non-hydrogen) atoms. The van der Waals surface area contributed by atoms with E-state index in [1.165, 1.54) is 0 Å². The number of carbonyl (C=O) groups is 8. The number of nitrogens with one attached hydrogen (secondary N) is 4. The lowest BCUT2D eigenvalue weighted by atomic mass is 9.93. The summed E-state index contributed by atoms with van der Waals surface area (Å²) in [5.41, 5.74) is 0. The van der Waals surface area contributed by atoms with E-state index in [4.69, 9.17) is 75.6 Å². The molecule has 2 unspecified atom stereocenters. The first-order chi connectivity index (χ1) is 57.6. The number of aliphatic hydroxyl groups excluding tert-OH is 13. The van der Waals surface area contributed by atoms with E-state index in [1.807, 2.05) is 5.32 Å². The molecule has 8 rings (SSSR count). The quantitative estimate of drug-likeness (QED) is 0.0259. The van der Waals surface area contributed by atoms with Gasteiger partial charge < -0.3 is 179 Å². The van der Waals surface area contributed by atoms with Gasteiger partial charge in [0.05, 0.1) is 26.4 Å². The Kier molecular flexibility index (Phi) is 34.6. The maximum Gasteiger partial charge on any atom is 0.397 e. The van der Waals surface area contributed by atoms with E-state index < -0.39 is 371 Å². The first kappa shape index (κ1) is 104. The molecule has 0 bridgehead atoms. The molecule has 0 saturated carbocycles. The van der Waals surface area contributed by atoms with Crippen LogP contribution in [0, 0.1) is 0 Å². The predicted octanol–water partition coefficient (Wildman–Crippen LogP) is -17.3. The van der Waals surface area contributed by atoms with Crippen molar-refractivity contribution in [2.75, 3.05) is 26.4 Å². The summed E-state index contributed by atoms with van der Waals surface area (Å²) in [5, 5.41) is 200. The Labute approximate surface area is 699 Å². The Morgan fingerprint density at radius 3 is 0.808 bits per heavy atom. The lowest BCUT2D eigenvalue weighted by Gasteiger charge is -2.51. The molecule has 0 aromatic carbocycles. The third kappa shape index (κ3) is 26.6. The Balaban J connectivity index is 1.09. The van der Waals surface area contributed by atoms with Crippen molar-refractivity contribution in [3.63, 3.8) is 0 Å². The van der Waals surface area contributed by atoms with Gasteiger partial charge in [-0.15, -0.1) is 0 Å². The minimum Gasteiger partial charge on any atom is -0.506 e. The predicted molar refractivity (Wildman–Crippen MR) is 365 cm³/mol. The summed E-state index contributed by atoms with van der Waals surface area (Å²) in [5.74, 6) is -17.4. The molecule has 38 atom stereocenters. The molecule has 26 N–H and O–H groups in total. The van der Waals surface area contributed by atoms with E-state index in [0.717, 1.165) is 6.92 Å². The number of amides is 4. The van der Waals surface area contributed by atoms with Gasteiger partial charge in [0, 0.05) is 27.7 Å². The molecule has 0 aromatic heterocycles. The van der Waals surface area contributed by atoms with Crippen LogP contribution in [-0.4, -0.2) is 459 Å². The molecule has 4 amide bonds. The number of rotatable bonds is 36. The Bertz CT molecular complexity index is 4480. The second-order valence-corrected chi connectivity index (χ2v) is 33.2. The molecule has 69 heteroatoms. The number of ether oxygens (including phenoxy) is 15. The van der Waals surface area contributed by atoms with Crippen LogP contribution in [0.5, 0.6) is 0 Å². The highest BCUT2D eigenvalue weighted by Gasteiger charge is 2.63. The number of carbonyl (C=O) groups excluding carboxylic acids is 4. The summed E-state index contributed by atoms with van der Waals surface area (Å²) in [6.07, 6.45) is -91.6. The normalized spacial score (nSPS) is 40.6. The Morgan fingerprint density at radius 1 is 0.312 bits per heavy atom. The summed E-state index contributed by atoms with van der Waals surface area (Å²) in [6.45, 7) is -3.36. The average Bonchev–Trinajstić information content (AvgIpc) is 0.762. The van der Waals surface area contributed by atoms with Crippen LogP contribution in [0.2, 0.25) is 0 Å². The summed E-state index contributed by atoms with van der Waals surface area (Å²) >= 11 is 0. The van der Waals surface area contributed by atoms with Gasteiger partial charge in [-0.1, -0.05) is 0 Å². The number of aliphatic hydroxyl groups is 13. The SMILES string of the molecule is CC(=O)N[C@@H]1[C@@H](O[C@@H]2O[C@H](C(=O)O)[C@@H](O[C@@H]3O[C@H](COS(=O)(=O)O)[C@H](O)[C@H](O[C@@H]4O[C@H](C(=O)O)[C@@H](O[C@@H]5O[C@H](COS(=O)(=O)O)[C@H](O)[C@H](O[C@@H]6O[C@H](C(=O)O)[C@@H](O[C@@H]7O[C@H](COS(=O)(=O)O)[C@H](O)[C@H](O[C@H]8OC(C(=O)O)=C(O)C(O)C8OS(=O)(=O)O)[C@H]7NC(C)=O)[C@H](O)[C@H]6O)[C@H]5NC(C)=O)[C@H](O)[C@H]4O)[C@H]3NC(C)=O)[C@H](O)[C@H]2O)[C@@H](O)[C@@H](COS(=O)(=O)O)O[C@H]1O. The standard InChI is InChI=1S/C56H84N4O60S5/c1-9(61)57-17-33(21(65)13(105-49(17)85)5-101-121(86,87)88)109-53-30(74)27(71)37(42(117-53)46(79)80)113-50-18(58-10(2)62)34(22(66)14(106-50)6-102-122(89,90)91)110-54-31(75)28(72)38(43(118-54)47(81)82)114-51-19(59-11(3)63)35(23(67)15(107-51)7-103-123(92,93)94)111-55-32(76)29(73)39(44(119-55)48(83)84)115-52-20(60-12(4)64)36(24(68)16(108-52)8-104-124(95,96)97)112-56-41(120-125(98,99)100)26(70)25(69)40(116-56)45(77)78/h13-24,26-39,41-44,49-56,65-76,85H,5-8H2,1-4H3,(H,57,61)(H,58,62)(H,59,63)(H,60,64)(H,77,78)(H,79,80)(H,81,82)(H,83,84)(H,86,87,88)(H,89,90,91)(H,92,93,94)(H,95,96,97)(H,98,99,100)/t13-,14-,15-,16-,17-,18-,19-,20-,21+,22+,23+,24+,26?,27-,28-,29-,30-,31-,32-,33-,34-,35-,36-,37+,38+,39+,41?,42+,43+,44+,49-,50+,51+,52+,53-,54-,55-,56+/m1/s1. The van der Waals surface area contributed by atoms with Gasteiger partial charge in [-0.25, -0.2) is 40.1 Å². The van der Waals surface area contributed by atoms with Gasteiger partial charge in [0.1, 0.15) is 158 Å². The molecule has 0 aromatic rings. The fraction of sp³-hybridized carbons (Fsp3) is 0.821. The molecular formula is C56H84N4O60S5. The monoisotopic (exact) mass is 1930 g/mol. The van der Waals surface area contributed by atoms with E-state index in [9.17, 15) is 185 Å². The summed E-state index contributed by atoms with van der Waals surface area (Å²) in [6, 6.07) is -9.31. The van der Waals surface area contributed by atoms with Crippen molar-refractivity contribution in [1.29, 1.82) is 0 Å². The maximum absolute atomic E-state index is 13.4. The fourth-order valence-electron chi connectivity index (χ4n) is 13.6. The molecule has 718 valence electrons. The number of hydrogen-bond acceptors (Lipinski definition) is 51. The number of hydrogen-bond donors (Lipinski definition) is 26. The second-order valence-electron chi connectivity index (χ2n) is 27.8. The highest BCUT2D eigenvalue weighted by molar-refractivity contribution is 7.81. The van der Waals surface area contributed by atoms with Crippen molar-refractivity contribution < 1.29 is 282 Å². The van der Waals surface area contributed by atoms with E-state index in [2.05, 4.69) is 36.9 Å². The third-order valence-electron chi connectivity index (χ3n) is 18.9. The third-order valence-corrected chi connectivity index (χ3v) is 21.1. The van der Waals surface area contributed by atoms with Crippen LogP contribution in [0.3, 0.4) is 0 Å². The number of aliphatic carboxylic acids is 4. The zero-order valence-electron chi connectivity index (χ0n) is 63.2. The van der Waals surface area contributed by atoms with Crippen LogP contribution in [0.1, 0.15) is 27.7 Å². The lowest BCUT2D eigenvalue weighted by molar-refractivity contribution is -0.379. The summed E-state index contributed by atoms with van der Waals surface area (Å²) < 4.78 is 271. The van der Waals surface area contributed by atoms with Crippen molar-refractivity contribution in [2.45, 2.75) is 261 Å². The van der Waals surface area contributed by atoms with E-state index in [1.54, 1.807) is 0 Å². The molecular weight excluding hydrogens is 1850 g/mol. The van der Waals surface area contributed by atoms with Crippen molar-refractivity contribution >= 4 is 99.5 Å². The largest absolute Gasteiger partial charge is 0.506 e.